The molecule has 0 atom stereocenters. The maximum Gasteiger partial charge on any atom is 0.330 e. The molecule has 2 aromatic heterocycles. The van der Waals surface area contributed by atoms with Gasteiger partial charge in [0.15, 0.2) is 5.69 Å². The number of hydrogen-bond donors (Lipinski definition) is 2. The fourth-order valence-corrected chi connectivity index (χ4v) is 4.51. The number of benzene rings is 1. The molecule has 10 heteroatoms. The van der Waals surface area contributed by atoms with E-state index >= 15 is 0 Å². The second-order valence-electron chi connectivity index (χ2n) is 6.82. The number of halogens is 1. The Balaban J connectivity index is 2.13. The lowest BCUT2D eigenvalue weighted by Crippen LogP contribution is -2.39. The lowest BCUT2D eigenvalue weighted by atomic mass is 10.1. The lowest BCUT2D eigenvalue weighted by Gasteiger charge is -2.20. The highest BCUT2D eigenvalue weighted by atomic mass is 32.1. The van der Waals surface area contributed by atoms with Crippen molar-refractivity contribution < 1.29 is 13.9 Å². The van der Waals surface area contributed by atoms with Gasteiger partial charge in [0.1, 0.15) is 11.6 Å². The van der Waals surface area contributed by atoms with E-state index in [0.29, 0.717) is 28.6 Å². The van der Waals surface area contributed by atoms with Gasteiger partial charge in [0.05, 0.1) is 11.5 Å². The summed E-state index contributed by atoms with van der Waals surface area (Å²) in [5, 5.41) is 0.316. The number of nitrogens with one attached hydrogen (secondary N) is 1. The van der Waals surface area contributed by atoms with Gasteiger partial charge in [0.2, 0.25) is 0 Å². The van der Waals surface area contributed by atoms with Gasteiger partial charge < -0.3 is 15.4 Å². The molecule has 0 saturated carbocycles. The molecule has 0 spiro atoms. The lowest BCUT2D eigenvalue weighted by molar-refractivity contribution is 0.0992. The Bertz CT molecular complexity index is 1210. The molecule has 3 aromatic rings. The van der Waals surface area contributed by atoms with Gasteiger partial charge in [-0.3, -0.25) is 19.1 Å². The Morgan fingerprint density at radius 3 is 2.77 bits per heavy atom. The molecule has 0 aliphatic carbocycles. The molecule has 0 bridgehead atoms. The van der Waals surface area contributed by atoms with Crippen LogP contribution < -0.4 is 21.9 Å². The van der Waals surface area contributed by atoms with E-state index in [0.717, 1.165) is 22.7 Å². The second-order valence-corrected chi connectivity index (χ2v) is 7.87. The van der Waals surface area contributed by atoms with E-state index < -0.39 is 23.0 Å². The summed E-state index contributed by atoms with van der Waals surface area (Å²) < 4.78 is 21.4. The van der Waals surface area contributed by atoms with E-state index in [4.69, 9.17) is 10.5 Å². The largest absolute Gasteiger partial charge is 0.383 e. The fourth-order valence-electron chi connectivity index (χ4n) is 3.32. The molecule has 160 valence electrons. The molecule has 0 fully saturated rings. The number of nitrogens with zero attached hydrogens (tertiary/aromatic N) is 2. The Hall–Kier alpha value is -2.98. The number of hydrogen-bond acceptors (Lipinski definition) is 6. The van der Waals surface area contributed by atoms with E-state index in [9.17, 15) is 18.8 Å². The van der Waals surface area contributed by atoms with Crippen molar-refractivity contribution in [2.45, 2.75) is 32.9 Å². The Labute approximate surface area is 175 Å². The van der Waals surface area contributed by atoms with Crippen LogP contribution in [0, 0.1) is 5.82 Å². The number of aromatic amines is 1. The normalized spacial score (nSPS) is 11.2. The first kappa shape index (κ1) is 21.7. The number of anilines is 2. The number of H-pyrrole nitrogens is 1. The Morgan fingerprint density at radius 2 is 2.10 bits per heavy atom. The number of ether oxygens (including phenoxy) is 1. The van der Waals surface area contributed by atoms with Crippen LogP contribution >= 0.6 is 11.3 Å². The quantitative estimate of drug-likeness (QED) is 0.594. The van der Waals surface area contributed by atoms with Crippen molar-refractivity contribution in [2.75, 3.05) is 24.8 Å². The van der Waals surface area contributed by atoms with Gasteiger partial charge in [-0.15, -0.1) is 11.3 Å². The topological polar surface area (TPSA) is 110 Å². The summed E-state index contributed by atoms with van der Waals surface area (Å²) >= 11 is 1.11. The highest BCUT2D eigenvalue weighted by molar-refractivity contribution is 7.21. The zero-order valence-electron chi connectivity index (χ0n) is 17.0. The number of methoxy groups -OCH3 is 1. The minimum atomic E-state index is -0.762. The van der Waals surface area contributed by atoms with Gasteiger partial charge in [-0.05, 0) is 18.6 Å². The van der Waals surface area contributed by atoms with Crippen LogP contribution in [0.2, 0.25) is 0 Å². The molecule has 8 nitrogen and oxygen atoms in total. The van der Waals surface area contributed by atoms with Crippen LogP contribution in [-0.4, -0.2) is 29.6 Å². The van der Waals surface area contributed by atoms with Crippen molar-refractivity contribution in [1.29, 1.82) is 0 Å². The summed E-state index contributed by atoms with van der Waals surface area (Å²) in [6.45, 7) is 2.30. The molecule has 1 aromatic carbocycles. The molecule has 0 aliphatic rings. The number of fused-ring (bicyclic) bond motifs is 1. The third kappa shape index (κ3) is 3.75. The molecular formula is C20H23FN4O4S. The number of aromatic nitrogens is 2. The van der Waals surface area contributed by atoms with Crippen LogP contribution in [0.25, 0.3) is 10.1 Å². The van der Waals surface area contributed by atoms with Crippen molar-refractivity contribution in [3.63, 3.8) is 0 Å². The third-order valence-electron chi connectivity index (χ3n) is 4.84. The van der Waals surface area contributed by atoms with Gasteiger partial charge >= 0.3 is 5.69 Å². The van der Waals surface area contributed by atoms with Crippen LogP contribution in [0.3, 0.4) is 0 Å². The van der Waals surface area contributed by atoms with Crippen molar-refractivity contribution in [1.82, 2.24) is 9.55 Å². The maximum absolute atomic E-state index is 14.4. The van der Waals surface area contributed by atoms with Crippen molar-refractivity contribution in [3.8, 4) is 0 Å². The first-order valence-electron chi connectivity index (χ1n) is 9.41. The monoisotopic (exact) mass is 434 g/mol. The molecule has 3 rings (SSSR count). The van der Waals surface area contributed by atoms with Crippen LogP contribution in [0.4, 0.5) is 15.9 Å². The average Bonchev–Trinajstić information content (AvgIpc) is 3.07. The SMILES string of the molecule is CCCCn1c(N)c(N(C)C(=O)c2sc3cccc(F)c3c2COC)c(=O)[nH]c1=O. The number of thiophene rings is 1. The van der Waals surface area contributed by atoms with Gasteiger partial charge in [0, 0.05) is 36.4 Å². The Morgan fingerprint density at radius 1 is 1.37 bits per heavy atom. The van der Waals surface area contributed by atoms with Gasteiger partial charge in [-0.2, -0.15) is 0 Å². The first-order valence-corrected chi connectivity index (χ1v) is 10.2. The number of amides is 1. The maximum atomic E-state index is 14.4. The molecule has 0 saturated heterocycles. The first-order chi connectivity index (χ1) is 14.3. The molecule has 3 N–H and O–H groups in total. The molecule has 30 heavy (non-hydrogen) atoms. The zero-order chi connectivity index (χ0) is 22.0. The van der Waals surface area contributed by atoms with E-state index in [-0.39, 0.29) is 23.0 Å². The van der Waals surface area contributed by atoms with Crippen LogP contribution in [0.5, 0.6) is 0 Å². The predicted molar refractivity (Wildman–Crippen MR) is 116 cm³/mol. The van der Waals surface area contributed by atoms with Crippen LogP contribution in [-0.2, 0) is 17.9 Å². The van der Waals surface area contributed by atoms with E-state index in [1.165, 1.54) is 24.8 Å². The van der Waals surface area contributed by atoms with Crippen LogP contribution in [0.1, 0.15) is 35.0 Å². The third-order valence-corrected chi connectivity index (χ3v) is 6.02. The molecule has 0 unspecified atom stereocenters. The van der Waals surface area contributed by atoms with Crippen molar-refractivity contribution in [3.05, 3.63) is 55.3 Å². The number of nitrogens with two attached hydrogens (primary N) is 1. The minimum absolute atomic E-state index is 0.0255. The number of nitrogen functional groups attached to an aromatic ring is 1. The standard InChI is InChI=1S/C20H23FN4O4S/c1-4-5-9-25-17(22)15(18(26)23-20(25)28)24(2)19(27)16-11(10-29-3)14-12(21)7-6-8-13(14)30-16/h6-8H,4-5,9-10,22H2,1-3H3,(H,23,26,28). The number of carbonyl (C=O) groups excluding carboxylic acids is 1. The smallest absolute Gasteiger partial charge is 0.330 e. The van der Waals surface area contributed by atoms with E-state index in [1.54, 1.807) is 12.1 Å². The summed E-state index contributed by atoms with van der Waals surface area (Å²) in [5.41, 5.74) is 5.00. The summed E-state index contributed by atoms with van der Waals surface area (Å²) in [6.07, 6.45) is 1.50. The number of unbranched alkanes of at least 4 members (excludes halogenated alkanes) is 1. The van der Waals surface area contributed by atoms with E-state index in [1.807, 2.05) is 6.92 Å². The summed E-state index contributed by atoms with van der Waals surface area (Å²) in [4.78, 5) is 41.5. The number of carbonyl (C=O) groups is 1. The highest BCUT2D eigenvalue weighted by Crippen LogP contribution is 2.35. The van der Waals surface area contributed by atoms with E-state index in [2.05, 4.69) is 4.98 Å². The van der Waals surface area contributed by atoms with Gasteiger partial charge in [-0.1, -0.05) is 19.4 Å². The van der Waals surface area contributed by atoms with Crippen molar-refractivity contribution >= 4 is 38.8 Å². The second kappa shape index (κ2) is 8.80. The average molecular weight is 434 g/mol. The summed E-state index contributed by atoms with van der Waals surface area (Å²) in [7, 11) is 2.85. The summed E-state index contributed by atoms with van der Waals surface area (Å²) in [6, 6.07) is 4.60. The van der Waals surface area contributed by atoms with Gasteiger partial charge in [0.25, 0.3) is 11.5 Å². The minimum Gasteiger partial charge on any atom is -0.383 e. The highest BCUT2D eigenvalue weighted by Gasteiger charge is 2.27. The van der Waals surface area contributed by atoms with Gasteiger partial charge in [-0.25, -0.2) is 9.18 Å². The molecule has 2 heterocycles. The molecular weight excluding hydrogens is 411 g/mol. The molecule has 0 radical (unpaired) electrons. The Kier molecular flexibility index (Phi) is 6.37. The number of rotatable bonds is 7. The summed E-state index contributed by atoms with van der Waals surface area (Å²) in [5.74, 6) is -1.09. The van der Waals surface area contributed by atoms with Crippen molar-refractivity contribution in [2.24, 2.45) is 0 Å². The predicted octanol–water partition coefficient (Wildman–Crippen LogP) is 2.70. The van der Waals surface area contributed by atoms with Crippen LogP contribution in [0.15, 0.2) is 27.8 Å². The molecule has 1 amide bonds. The fraction of sp³-hybridized carbons (Fsp3) is 0.350. The molecule has 0 aliphatic heterocycles. The zero-order valence-corrected chi connectivity index (χ0v) is 17.8.